The van der Waals surface area contributed by atoms with Gasteiger partial charge in [-0.3, -0.25) is 0 Å². The Kier molecular flexibility index (Phi) is 2.50. The third kappa shape index (κ3) is 2.08. The van der Waals surface area contributed by atoms with E-state index >= 15 is 0 Å². The Labute approximate surface area is 85.4 Å². The number of ether oxygens (including phenoxy) is 1. The Morgan fingerprint density at radius 1 is 1.50 bits per heavy atom. The van der Waals surface area contributed by atoms with Gasteiger partial charge >= 0.3 is 0 Å². The van der Waals surface area contributed by atoms with Gasteiger partial charge in [-0.2, -0.15) is 0 Å². The zero-order valence-corrected chi connectivity index (χ0v) is 8.77. The lowest BCUT2D eigenvalue weighted by Gasteiger charge is -2.09. The molecule has 5 nitrogen and oxygen atoms in total. The molecule has 2 heterocycles. The van der Waals surface area contributed by atoms with Crippen LogP contribution in [0.3, 0.4) is 0 Å². The van der Waals surface area contributed by atoms with Crippen LogP contribution in [-0.2, 0) is 32.6 Å². The van der Waals surface area contributed by atoms with Gasteiger partial charge in [-0.05, 0) is 0 Å². The first kappa shape index (κ1) is 9.95. The van der Waals surface area contributed by atoms with Crippen molar-refractivity contribution in [3.05, 3.63) is 17.0 Å². The van der Waals surface area contributed by atoms with Crippen LogP contribution in [0.1, 0.15) is 17.0 Å². The van der Waals surface area contributed by atoms with Gasteiger partial charge in [0.05, 0.1) is 18.9 Å². The standard InChI is InChI=1S/C7H8ClNO4S/c8-14(10,11)4-7-5-3-12-2-1-6(5)9-13-7/h1-4H2. The zero-order chi connectivity index (χ0) is 10.2. The molecule has 0 spiro atoms. The van der Waals surface area contributed by atoms with E-state index in [1.165, 1.54) is 0 Å². The highest BCUT2D eigenvalue weighted by molar-refractivity contribution is 8.13. The van der Waals surface area contributed by atoms with Crippen molar-refractivity contribution in [2.24, 2.45) is 0 Å². The molecule has 0 N–H and O–H groups in total. The molecule has 2 rings (SSSR count). The Morgan fingerprint density at radius 2 is 2.29 bits per heavy atom. The van der Waals surface area contributed by atoms with Gasteiger partial charge in [0.15, 0.2) is 5.76 Å². The minimum absolute atomic E-state index is 0.287. The smallest absolute Gasteiger partial charge is 0.239 e. The molecule has 0 bridgehead atoms. The molecule has 0 aromatic carbocycles. The summed E-state index contributed by atoms with van der Waals surface area (Å²) in [5, 5.41) is 3.76. The topological polar surface area (TPSA) is 69.4 Å². The number of fused-ring (bicyclic) bond motifs is 1. The molecule has 1 aliphatic heterocycles. The number of aromatic nitrogens is 1. The van der Waals surface area contributed by atoms with Gasteiger partial charge in [0.2, 0.25) is 9.05 Å². The van der Waals surface area contributed by atoms with Gasteiger partial charge in [-0.25, -0.2) is 8.42 Å². The molecule has 0 atom stereocenters. The number of halogens is 1. The molecule has 0 amide bonds. The quantitative estimate of drug-likeness (QED) is 0.712. The van der Waals surface area contributed by atoms with Crippen molar-refractivity contribution in [1.82, 2.24) is 5.16 Å². The predicted molar refractivity (Wildman–Crippen MR) is 48.3 cm³/mol. The van der Waals surface area contributed by atoms with Crippen molar-refractivity contribution >= 4 is 19.7 Å². The van der Waals surface area contributed by atoms with Crippen LogP contribution in [0, 0.1) is 0 Å². The van der Waals surface area contributed by atoms with Gasteiger partial charge in [0.25, 0.3) is 0 Å². The van der Waals surface area contributed by atoms with E-state index in [0.717, 1.165) is 11.3 Å². The molecule has 1 aromatic rings. The van der Waals surface area contributed by atoms with E-state index in [4.69, 9.17) is 19.9 Å². The van der Waals surface area contributed by atoms with E-state index in [9.17, 15) is 8.42 Å². The largest absolute Gasteiger partial charge is 0.376 e. The highest BCUT2D eigenvalue weighted by atomic mass is 35.7. The van der Waals surface area contributed by atoms with Crippen LogP contribution in [-0.4, -0.2) is 20.2 Å². The van der Waals surface area contributed by atoms with Crippen molar-refractivity contribution < 1.29 is 17.7 Å². The van der Waals surface area contributed by atoms with Crippen molar-refractivity contribution in [3.63, 3.8) is 0 Å². The minimum Gasteiger partial charge on any atom is -0.376 e. The Balaban J connectivity index is 2.31. The molecule has 78 valence electrons. The molecule has 1 aliphatic rings. The third-order valence-corrected chi connectivity index (χ3v) is 2.92. The summed E-state index contributed by atoms with van der Waals surface area (Å²) in [6.07, 6.45) is 0.654. The van der Waals surface area contributed by atoms with E-state index in [2.05, 4.69) is 5.16 Å². The molecule has 0 fully saturated rings. The minimum atomic E-state index is -3.60. The van der Waals surface area contributed by atoms with Crippen molar-refractivity contribution in [2.75, 3.05) is 6.61 Å². The number of rotatable bonds is 2. The maximum Gasteiger partial charge on any atom is 0.239 e. The highest BCUT2D eigenvalue weighted by Crippen LogP contribution is 2.22. The van der Waals surface area contributed by atoms with E-state index in [0.29, 0.717) is 19.6 Å². The maximum atomic E-state index is 10.8. The summed E-state index contributed by atoms with van der Waals surface area (Å²) < 4.78 is 31.7. The predicted octanol–water partition coefficient (Wildman–Crippen LogP) is 0.816. The molecular formula is C7H8ClNO4S. The first-order valence-corrected chi connectivity index (χ1v) is 6.50. The van der Waals surface area contributed by atoms with E-state index in [1.807, 2.05) is 0 Å². The van der Waals surface area contributed by atoms with Gasteiger partial charge in [0.1, 0.15) is 5.75 Å². The summed E-state index contributed by atoms with van der Waals surface area (Å²) in [5.41, 5.74) is 1.49. The van der Waals surface area contributed by atoms with E-state index in [1.54, 1.807) is 0 Å². The first-order valence-electron chi connectivity index (χ1n) is 4.02. The van der Waals surface area contributed by atoms with Crippen molar-refractivity contribution in [2.45, 2.75) is 18.8 Å². The maximum absolute atomic E-state index is 10.8. The number of hydrogen-bond donors (Lipinski definition) is 0. The van der Waals surface area contributed by atoms with Gasteiger partial charge in [-0.15, -0.1) is 0 Å². The highest BCUT2D eigenvalue weighted by Gasteiger charge is 2.22. The SMILES string of the molecule is O=S(=O)(Cl)Cc1onc2c1COCC2. The van der Waals surface area contributed by atoms with Crippen LogP contribution in [0.2, 0.25) is 0 Å². The number of hydrogen-bond acceptors (Lipinski definition) is 5. The van der Waals surface area contributed by atoms with E-state index < -0.39 is 9.05 Å². The molecule has 0 saturated carbocycles. The van der Waals surface area contributed by atoms with Crippen LogP contribution < -0.4 is 0 Å². The fraction of sp³-hybridized carbons (Fsp3) is 0.571. The average Bonchev–Trinajstić information content (AvgIpc) is 2.47. The molecule has 14 heavy (non-hydrogen) atoms. The molecule has 7 heteroatoms. The van der Waals surface area contributed by atoms with Crippen LogP contribution in [0.4, 0.5) is 0 Å². The van der Waals surface area contributed by atoms with E-state index in [-0.39, 0.29) is 11.5 Å². The molecular weight excluding hydrogens is 230 g/mol. The fourth-order valence-electron chi connectivity index (χ4n) is 1.35. The normalized spacial score (nSPS) is 16.6. The number of nitrogens with zero attached hydrogens (tertiary/aromatic N) is 1. The second-order valence-corrected chi connectivity index (χ2v) is 5.79. The summed E-state index contributed by atoms with van der Waals surface area (Å²) in [6, 6.07) is 0. The summed E-state index contributed by atoms with van der Waals surface area (Å²) in [6.45, 7) is 0.938. The van der Waals surface area contributed by atoms with Crippen LogP contribution in [0.15, 0.2) is 4.52 Å². The molecule has 0 unspecified atom stereocenters. The lowest BCUT2D eigenvalue weighted by Crippen LogP contribution is -2.10. The summed E-state index contributed by atoms with van der Waals surface area (Å²) >= 11 is 0. The fourth-order valence-corrected chi connectivity index (χ4v) is 2.19. The second kappa shape index (κ2) is 3.52. The Bertz CT molecular complexity index is 439. The molecule has 0 saturated heterocycles. The second-order valence-electron chi connectivity index (χ2n) is 3.02. The van der Waals surface area contributed by atoms with Gasteiger partial charge in [-0.1, -0.05) is 5.16 Å². The Hall–Kier alpha value is -0.590. The molecule has 0 aliphatic carbocycles. The Morgan fingerprint density at radius 3 is 3.00 bits per heavy atom. The third-order valence-electron chi connectivity index (χ3n) is 1.98. The summed E-state index contributed by atoms with van der Waals surface area (Å²) in [4.78, 5) is 0. The van der Waals surface area contributed by atoms with Crippen LogP contribution in [0.25, 0.3) is 0 Å². The average molecular weight is 238 g/mol. The van der Waals surface area contributed by atoms with Crippen LogP contribution >= 0.6 is 10.7 Å². The molecule has 1 aromatic heterocycles. The monoisotopic (exact) mass is 237 g/mol. The lowest BCUT2D eigenvalue weighted by molar-refractivity contribution is 0.109. The van der Waals surface area contributed by atoms with Crippen LogP contribution in [0.5, 0.6) is 0 Å². The first-order chi connectivity index (χ1) is 6.56. The van der Waals surface area contributed by atoms with Crippen molar-refractivity contribution in [1.29, 1.82) is 0 Å². The van der Waals surface area contributed by atoms with Gasteiger partial charge < -0.3 is 9.26 Å². The zero-order valence-electron chi connectivity index (χ0n) is 7.19. The molecule has 0 radical (unpaired) electrons. The van der Waals surface area contributed by atoms with Crippen molar-refractivity contribution in [3.8, 4) is 0 Å². The summed E-state index contributed by atoms with van der Waals surface area (Å²) in [7, 11) is 1.51. The lowest BCUT2D eigenvalue weighted by atomic mass is 10.1. The van der Waals surface area contributed by atoms with Gasteiger partial charge in [0, 0.05) is 22.7 Å². The summed E-state index contributed by atoms with van der Waals surface area (Å²) in [5.74, 6) is -0.0463.